The van der Waals surface area contributed by atoms with Gasteiger partial charge in [0.2, 0.25) is 0 Å². The zero-order chi connectivity index (χ0) is 14.5. The SMILES string of the molecule is C=C(c1ccc(-c2ccccc2)cc1)C(O)C(=O)OC. The van der Waals surface area contributed by atoms with Crippen molar-refractivity contribution in [3.63, 3.8) is 0 Å². The van der Waals surface area contributed by atoms with Crippen LogP contribution in [-0.2, 0) is 9.53 Å². The van der Waals surface area contributed by atoms with Crippen LogP contribution < -0.4 is 0 Å². The highest BCUT2D eigenvalue weighted by Crippen LogP contribution is 2.23. The monoisotopic (exact) mass is 268 g/mol. The molecule has 1 atom stereocenters. The number of methoxy groups -OCH3 is 1. The first-order valence-electron chi connectivity index (χ1n) is 6.24. The van der Waals surface area contributed by atoms with E-state index in [1.54, 1.807) is 0 Å². The van der Waals surface area contributed by atoms with Crippen molar-refractivity contribution in [3.05, 3.63) is 66.7 Å². The second-order valence-corrected chi connectivity index (χ2v) is 4.39. The van der Waals surface area contributed by atoms with E-state index in [1.807, 2.05) is 54.6 Å². The highest BCUT2D eigenvalue weighted by molar-refractivity contribution is 5.90. The van der Waals surface area contributed by atoms with Crippen LogP contribution in [0.2, 0.25) is 0 Å². The summed E-state index contributed by atoms with van der Waals surface area (Å²) in [5, 5.41) is 9.75. The molecule has 1 N–H and O–H groups in total. The molecule has 0 amide bonds. The number of hydrogen-bond donors (Lipinski definition) is 1. The maximum atomic E-state index is 11.3. The van der Waals surface area contributed by atoms with Crippen LogP contribution in [0.15, 0.2) is 61.2 Å². The molecule has 0 aliphatic carbocycles. The van der Waals surface area contributed by atoms with Gasteiger partial charge in [0, 0.05) is 0 Å². The molecule has 20 heavy (non-hydrogen) atoms. The van der Waals surface area contributed by atoms with Gasteiger partial charge in [-0.05, 0) is 22.3 Å². The Hall–Kier alpha value is -2.39. The molecule has 0 bridgehead atoms. The Morgan fingerprint density at radius 3 is 2.15 bits per heavy atom. The molecule has 0 radical (unpaired) electrons. The topological polar surface area (TPSA) is 46.5 Å². The molecule has 2 rings (SSSR count). The summed E-state index contributed by atoms with van der Waals surface area (Å²) < 4.78 is 4.50. The summed E-state index contributed by atoms with van der Waals surface area (Å²) in [5.74, 6) is -0.706. The fourth-order valence-electron chi connectivity index (χ4n) is 1.92. The molecule has 0 aliphatic heterocycles. The number of carbonyl (C=O) groups excluding carboxylic acids is 1. The van der Waals surface area contributed by atoms with Crippen molar-refractivity contribution in [1.29, 1.82) is 0 Å². The fraction of sp³-hybridized carbons (Fsp3) is 0.118. The van der Waals surface area contributed by atoms with Crippen molar-refractivity contribution in [2.75, 3.05) is 7.11 Å². The van der Waals surface area contributed by atoms with E-state index >= 15 is 0 Å². The van der Waals surface area contributed by atoms with Crippen LogP contribution in [0.3, 0.4) is 0 Å². The highest BCUT2D eigenvalue weighted by Gasteiger charge is 2.20. The van der Waals surface area contributed by atoms with Gasteiger partial charge >= 0.3 is 5.97 Å². The van der Waals surface area contributed by atoms with E-state index < -0.39 is 12.1 Å². The first kappa shape index (κ1) is 14.0. The van der Waals surface area contributed by atoms with E-state index in [-0.39, 0.29) is 0 Å². The Morgan fingerprint density at radius 2 is 1.60 bits per heavy atom. The predicted octanol–water partition coefficient (Wildman–Crippen LogP) is 2.90. The average molecular weight is 268 g/mol. The quantitative estimate of drug-likeness (QED) is 0.867. The molecule has 0 saturated heterocycles. The summed E-state index contributed by atoms with van der Waals surface area (Å²) in [5.41, 5.74) is 3.21. The minimum absolute atomic E-state index is 0.330. The van der Waals surface area contributed by atoms with Gasteiger partial charge in [-0.25, -0.2) is 4.79 Å². The number of benzene rings is 2. The molecule has 3 heteroatoms. The number of ether oxygens (including phenoxy) is 1. The van der Waals surface area contributed by atoms with Gasteiger partial charge < -0.3 is 9.84 Å². The maximum Gasteiger partial charge on any atom is 0.339 e. The Labute approximate surface area is 118 Å². The highest BCUT2D eigenvalue weighted by atomic mass is 16.5. The van der Waals surface area contributed by atoms with Crippen molar-refractivity contribution in [2.24, 2.45) is 0 Å². The van der Waals surface area contributed by atoms with E-state index in [2.05, 4.69) is 11.3 Å². The molecule has 0 spiro atoms. The summed E-state index contributed by atoms with van der Waals surface area (Å²) in [4.78, 5) is 11.3. The molecule has 0 heterocycles. The number of carbonyl (C=O) groups is 1. The third-order valence-electron chi connectivity index (χ3n) is 3.12. The maximum absolute atomic E-state index is 11.3. The molecular weight excluding hydrogens is 252 g/mol. The van der Waals surface area contributed by atoms with Crippen LogP contribution in [0.25, 0.3) is 16.7 Å². The van der Waals surface area contributed by atoms with Gasteiger partial charge in [0.05, 0.1) is 7.11 Å². The van der Waals surface area contributed by atoms with E-state index in [9.17, 15) is 9.90 Å². The molecule has 2 aromatic carbocycles. The van der Waals surface area contributed by atoms with Crippen LogP contribution in [-0.4, -0.2) is 24.3 Å². The Kier molecular flexibility index (Phi) is 4.33. The zero-order valence-corrected chi connectivity index (χ0v) is 11.2. The van der Waals surface area contributed by atoms with Gasteiger partial charge in [-0.1, -0.05) is 61.2 Å². The van der Waals surface area contributed by atoms with Gasteiger partial charge in [0.1, 0.15) is 0 Å². The van der Waals surface area contributed by atoms with Crippen LogP contribution in [0, 0.1) is 0 Å². The molecular formula is C17H16O3. The van der Waals surface area contributed by atoms with Gasteiger partial charge in [-0.2, -0.15) is 0 Å². The second kappa shape index (κ2) is 6.17. The number of aliphatic hydroxyl groups excluding tert-OH is 1. The Bertz CT molecular complexity index is 600. The largest absolute Gasteiger partial charge is 0.467 e. The fourth-order valence-corrected chi connectivity index (χ4v) is 1.92. The van der Waals surface area contributed by atoms with Gasteiger partial charge in [-0.15, -0.1) is 0 Å². The Balaban J connectivity index is 2.21. The molecule has 102 valence electrons. The molecule has 2 aromatic rings. The summed E-state index contributed by atoms with van der Waals surface area (Å²) in [6.45, 7) is 3.75. The average Bonchev–Trinajstić information content (AvgIpc) is 2.53. The van der Waals surface area contributed by atoms with Gasteiger partial charge in [0.15, 0.2) is 6.10 Å². The lowest BCUT2D eigenvalue weighted by Gasteiger charge is -2.12. The molecule has 3 nitrogen and oxygen atoms in total. The molecule has 0 aromatic heterocycles. The number of aliphatic hydroxyl groups is 1. The van der Waals surface area contributed by atoms with E-state index in [1.165, 1.54) is 7.11 Å². The lowest BCUT2D eigenvalue weighted by molar-refractivity contribution is -0.147. The second-order valence-electron chi connectivity index (χ2n) is 4.39. The van der Waals surface area contributed by atoms with Crippen LogP contribution >= 0.6 is 0 Å². The zero-order valence-electron chi connectivity index (χ0n) is 11.2. The smallest absolute Gasteiger partial charge is 0.339 e. The van der Waals surface area contributed by atoms with Crippen molar-refractivity contribution in [3.8, 4) is 11.1 Å². The van der Waals surface area contributed by atoms with Crippen molar-refractivity contribution in [2.45, 2.75) is 6.10 Å². The lowest BCUT2D eigenvalue weighted by atomic mass is 9.98. The third-order valence-corrected chi connectivity index (χ3v) is 3.12. The molecule has 1 unspecified atom stereocenters. The minimum Gasteiger partial charge on any atom is -0.467 e. The first-order chi connectivity index (χ1) is 9.63. The van der Waals surface area contributed by atoms with Crippen molar-refractivity contribution in [1.82, 2.24) is 0 Å². The van der Waals surface area contributed by atoms with Crippen molar-refractivity contribution < 1.29 is 14.6 Å². The lowest BCUT2D eigenvalue weighted by Crippen LogP contribution is -2.22. The summed E-state index contributed by atoms with van der Waals surface area (Å²) in [7, 11) is 1.23. The molecule has 0 aliphatic rings. The standard InChI is InChI=1S/C17H16O3/c1-12(16(18)17(19)20-2)13-8-10-15(11-9-13)14-6-4-3-5-7-14/h3-11,16,18H,1H2,2H3. The van der Waals surface area contributed by atoms with E-state index in [4.69, 9.17) is 0 Å². The number of esters is 1. The van der Waals surface area contributed by atoms with Crippen LogP contribution in [0.5, 0.6) is 0 Å². The first-order valence-corrected chi connectivity index (χ1v) is 6.24. The van der Waals surface area contributed by atoms with Crippen LogP contribution in [0.1, 0.15) is 5.56 Å². The van der Waals surface area contributed by atoms with Gasteiger partial charge in [-0.3, -0.25) is 0 Å². The summed E-state index contributed by atoms with van der Waals surface area (Å²) >= 11 is 0. The molecule has 0 saturated carbocycles. The normalized spacial score (nSPS) is 11.7. The minimum atomic E-state index is -1.33. The van der Waals surface area contributed by atoms with E-state index in [0.29, 0.717) is 11.1 Å². The van der Waals surface area contributed by atoms with Crippen LogP contribution in [0.4, 0.5) is 0 Å². The van der Waals surface area contributed by atoms with Crippen molar-refractivity contribution >= 4 is 11.5 Å². The molecule has 0 fully saturated rings. The van der Waals surface area contributed by atoms with E-state index in [0.717, 1.165) is 11.1 Å². The van der Waals surface area contributed by atoms with Gasteiger partial charge in [0.25, 0.3) is 0 Å². The Morgan fingerprint density at radius 1 is 1.05 bits per heavy atom. The predicted molar refractivity (Wildman–Crippen MR) is 78.9 cm³/mol. The number of hydrogen-bond acceptors (Lipinski definition) is 3. The third kappa shape index (κ3) is 2.95. The number of rotatable bonds is 4. The summed E-state index contributed by atoms with van der Waals surface area (Å²) in [6, 6.07) is 17.5. The summed E-state index contributed by atoms with van der Waals surface area (Å²) in [6.07, 6.45) is -1.33.